The van der Waals surface area contributed by atoms with Crippen molar-refractivity contribution in [3.05, 3.63) is 70.8 Å². The zero-order valence-electron chi connectivity index (χ0n) is 13.9. The van der Waals surface area contributed by atoms with Gasteiger partial charge in [-0.25, -0.2) is 0 Å². The predicted molar refractivity (Wildman–Crippen MR) is 103 cm³/mol. The van der Waals surface area contributed by atoms with Gasteiger partial charge < -0.3 is 0 Å². The molecule has 2 rings (SSSR count). The molecule has 0 saturated heterocycles. The number of hydrogen-bond acceptors (Lipinski definition) is 0. The van der Waals surface area contributed by atoms with Crippen LogP contribution in [0.4, 0.5) is 0 Å². The summed E-state index contributed by atoms with van der Waals surface area (Å²) in [6.45, 7) is 6.71. The second-order valence-corrected chi connectivity index (χ2v) is 15.5. The molecule has 113 valence electrons. The van der Waals surface area contributed by atoms with Gasteiger partial charge in [-0.15, -0.1) is 0 Å². The molecule has 0 atom stereocenters. The molecule has 0 N–H and O–H groups in total. The first-order valence-corrected chi connectivity index (χ1v) is 14.5. The Morgan fingerprint density at radius 3 is 1.50 bits per heavy atom. The van der Waals surface area contributed by atoms with Crippen LogP contribution in [0.3, 0.4) is 0 Å². The van der Waals surface area contributed by atoms with Gasteiger partial charge in [-0.3, -0.25) is 0 Å². The Bertz CT molecular complexity index is 496. The first kappa shape index (κ1) is 17.4. The minimum Gasteiger partial charge on any atom is -0.0761 e. The van der Waals surface area contributed by atoms with E-state index in [9.17, 15) is 0 Å². The number of rotatable bonds is 8. The van der Waals surface area contributed by atoms with E-state index in [2.05, 4.69) is 68.9 Å². The van der Waals surface area contributed by atoms with Gasteiger partial charge in [0.1, 0.15) is 0 Å². The van der Waals surface area contributed by atoms with Crippen molar-refractivity contribution in [1.29, 1.82) is 0 Å². The average Bonchev–Trinajstić information content (AvgIpc) is 2.53. The van der Waals surface area contributed by atoms with E-state index in [-0.39, 0.29) is 8.31 Å². The van der Waals surface area contributed by atoms with Gasteiger partial charge in [-0.05, 0) is 37.8 Å². The third-order valence-corrected chi connectivity index (χ3v) is 15.0. The quantitative estimate of drug-likeness (QED) is 0.624. The van der Waals surface area contributed by atoms with Gasteiger partial charge in [0.05, 0.1) is 0 Å². The fourth-order valence-electron chi connectivity index (χ4n) is 2.53. The maximum absolute atomic E-state index is 2.38. The lowest BCUT2D eigenvalue weighted by atomic mass is 10.1. The monoisotopic (exact) mass is 337 g/mol. The Morgan fingerprint density at radius 1 is 0.727 bits per heavy atom. The summed E-state index contributed by atoms with van der Waals surface area (Å²) in [5.41, 5.74) is 5.77. The molecule has 0 aromatic heterocycles. The summed E-state index contributed by atoms with van der Waals surface area (Å²) in [5.74, 6) is 0. The van der Waals surface area contributed by atoms with E-state index in [0.717, 1.165) is 9.04 Å². The molecule has 22 heavy (non-hydrogen) atoms. The van der Waals surface area contributed by atoms with Gasteiger partial charge in [-0.1, -0.05) is 78.3 Å². The maximum Gasteiger partial charge on any atom is 0.0313 e. The average molecular weight is 338 g/mol. The lowest BCUT2D eigenvalue weighted by Gasteiger charge is -2.14. The van der Waals surface area contributed by atoms with Crippen molar-refractivity contribution in [2.45, 2.75) is 45.3 Å². The van der Waals surface area contributed by atoms with Crippen molar-refractivity contribution in [2.24, 2.45) is 0 Å². The highest BCUT2D eigenvalue weighted by molar-refractivity contribution is 7.35. The standard InChI is InChI=1S/C19H25Si3/c1-16-4-8-18(9-5-16)12-14-22(21-20-3)15-13-19-10-6-17(2)7-11-19/h4-11H,12-15H2,1-3H3. The summed E-state index contributed by atoms with van der Waals surface area (Å²) < 4.78 is 0. The SMILES string of the molecule is C[Si][Si][Si](CCc1ccc(C)cc1)CCc1ccc(C)cc1. The molecule has 0 saturated carbocycles. The summed E-state index contributed by atoms with van der Waals surface area (Å²) in [4.78, 5) is 0. The van der Waals surface area contributed by atoms with Gasteiger partial charge in [0.25, 0.3) is 0 Å². The van der Waals surface area contributed by atoms with Crippen LogP contribution < -0.4 is 0 Å². The first-order valence-electron chi connectivity index (χ1n) is 8.06. The van der Waals surface area contributed by atoms with E-state index in [0.29, 0.717) is 0 Å². The van der Waals surface area contributed by atoms with Gasteiger partial charge in [0.2, 0.25) is 0 Å². The molecule has 2 aromatic rings. The van der Waals surface area contributed by atoms with Crippen molar-refractivity contribution in [1.82, 2.24) is 0 Å². The van der Waals surface area contributed by atoms with Crippen LogP contribution >= 0.6 is 0 Å². The summed E-state index contributed by atoms with van der Waals surface area (Å²) in [5, 5.41) is 0. The summed E-state index contributed by atoms with van der Waals surface area (Å²) in [6, 6.07) is 21.1. The second-order valence-electron chi connectivity index (χ2n) is 5.95. The van der Waals surface area contributed by atoms with Crippen molar-refractivity contribution < 1.29 is 0 Å². The highest BCUT2D eigenvalue weighted by atomic mass is 29.5. The third-order valence-electron chi connectivity index (χ3n) is 3.97. The molecule has 0 aliphatic heterocycles. The Morgan fingerprint density at radius 2 is 1.14 bits per heavy atom. The van der Waals surface area contributed by atoms with Crippen LogP contribution in [0, 0.1) is 13.8 Å². The largest absolute Gasteiger partial charge is 0.0761 e. The summed E-state index contributed by atoms with van der Waals surface area (Å²) in [7, 11) is 2.21. The molecular formula is C19H25Si3. The molecule has 0 unspecified atom stereocenters. The zero-order valence-corrected chi connectivity index (χ0v) is 16.9. The number of hydrogen-bond donors (Lipinski definition) is 0. The molecule has 0 amide bonds. The Labute approximate surface area is 142 Å². The van der Waals surface area contributed by atoms with Gasteiger partial charge in [0.15, 0.2) is 0 Å². The minimum atomic E-state index is -0.171. The van der Waals surface area contributed by atoms with E-state index in [1.165, 1.54) is 55.7 Å². The lowest BCUT2D eigenvalue weighted by Crippen LogP contribution is -2.27. The molecule has 5 radical (unpaired) electrons. The van der Waals surface area contributed by atoms with Crippen molar-refractivity contribution >= 4 is 25.9 Å². The lowest BCUT2D eigenvalue weighted by molar-refractivity contribution is 1.06. The van der Waals surface area contributed by atoms with Crippen LogP contribution in [0.15, 0.2) is 48.5 Å². The van der Waals surface area contributed by atoms with Crippen LogP contribution in [0.2, 0.25) is 18.6 Å². The van der Waals surface area contributed by atoms with Crippen molar-refractivity contribution in [2.75, 3.05) is 0 Å². The van der Waals surface area contributed by atoms with Crippen LogP contribution in [0.5, 0.6) is 0 Å². The summed E-state index contributed by atoms with van der Waals surface area (Å²) in [6.07, 6.45) is 2.56. The van der Waals surface area contributed by atoms with Gasteiger partial charge in [-0.2, -0.15) is 0 Å². The molecule has 0 nitrogen and oxygen atoms in total. The summed E-state index contributed by atoms with van der Waals surface area (Å²) >= 11 is 0. The topological polar surface area (TPSA) is 0 Å². The van der Waals surface area contributed by atoms with E-state index in [4.69, 9.17) is 0 Å². The fraction of sp³-hybridized carbons (Fsp3) is 0.368. The predicted octanol–water partition coefficient (Wildman–Crippen LogP) is 4.45. The molecule has 0 heterocycles. The smallest absolute Gasteiger partial charge is 0.0313 e. The van der Waals surface area contributed by atoms with Gasteiger partial charge in [0, 0.05) is 25.9 Å². The first-order chi connectivity index (χ1) is 10.7. The number of aryl methyl sites for hydroxylation is 4. The normalized spacial score (nSPS) is 11.1. The second kappa shape index (κ2) is 9.28. The van der Waals surface area contributed by atoms with E-state index < -0.39 is 0 Å². The Balaban J connectivity index is 1.83. The Hall–Kier alpha value is -0.909. The van der Waals surface area contributed by atoms with Crippen LogP contribution in [0.1, 0.15) is 22.3 Å². The highest BCUT2D eigenvalue weighted by Gasteiger charge is 2.11. The van der Waals surface area contributed by atoms with Crippen LogP contribution in [-0.4, -0.2) is 25.9 Å². The molecule has 0 bridgehead atoms. The highest BCUT2D eigenvalue weighted by Crippen LogP contribution is 2.13. The molecule has 0 aliphatic carbocycles. The molecule has 2 aromatic carbocycles. The third kappa shape index (κ3) is 6.07. The van der Waals surface area contributed by atoms with Crippen molar-refractivity contribution in [3.8, 4) is 0 Å². The Kier molecular flexibility index (Phi) is 7.36. The minimum absolute atomic E-state index is 0.171. The maximum atomic E-state index is 2.38. The zero-order chi connectivity index (χ0) is 15.8. The molecule has 0 spiro atoms. The van der Waals surface area contributed by atoms with E-state index in [1.54, 1.807) is 0 Å². The van der Waals surface area contributed by atoms with Crippen LogP contribution in [0.25, 0.3) is 0 Å². The molecular weight excluding hydrogens is 312 g/mol. The van der Waals surface area contributed by atoms with E-state index >= 15 is 0 Å². The van der Waals surface area contributed by atoms with Gasteiger partial charge >= 0.3 is 0 Å². The molecule has 3 heteroatoms. The van der Waals surface area contributed by atoms with Crippen molar-refractivity contribution in [3.63, 3.8) is 0 Å². The van der Waals surface area contributed by atoms with E-state index in [1.807, 2.05) is 0 Å². The number of benzene rings is 2. The van der Waals surface area contributed by atoms with Crippen LogP contribution in [-0.2, 0) is 12.8 Å². The molecule has 0 fully saturated rings. The molecule has 0 aliphatic rings. The fourth-order valence-corrected chi connectivity index (χ4v) is 12.6.